The molecule has 0 saturated heterocycles. The van der Waals surface area contributed by atoms with Crippen LogP contribution in [-0.4, -0.2) is 29.0 Å². The van der Waals surface area contributed by atoms with E-state index in [0.29, 0.717) is 50.3 Å². The molecule has 0 bridgehead atoms. The number of fused-ring (bicyclic) bond motifs is 4. The zero-order valence-electron chi connectivity index (χ0n) is 17.5. The molecule has 0 atom stereocenters. The van der Waals surface area contributed by atoms with Crippen molar-refractivity contribution in [2.24, 2.45) is 0 Å². The van der Waals surface area contributed by atoms with E-state index in [1.807, 2.05) is 19.9 Å². The molecule has 3 aromatic heterocycles. The number of hydrogen-bond donors (Lipinski definition) is 2. The van der Waals surface area contributed by atoms with Gasteiger partial charge in [-0.1, -0.05) is 0 Å². The molecule has 0 radical (unpaired) electrons. The van der Waals surface area contributed by atoms with Crippen LogP contribution in [0.2, 0.25) is 0 Å². The monoisotopic (exact) mass is 419 g/mol. The van der Waals surface area contributed by atoms with Gasteiger partial charge in [-0.2, -0.15) is 0 Å². The van der Waals surface area contributed by atoms with E-state index in [0.717, 1.165) is 5.39 Å². The van der Waals surface area contributed by atoms with Gasteiger partial charge in [0.2, 0.25) is 0 Å². The van der Waals surface area contributed by atoms with Crippen LogP contribution in [0, 0.1) is 0 Å². The minimum Gasteiger partial charge on any atom is -0.497 e. The van der Waals surface area contributed by atoms with Gasteiger partial charge in [-0.05, 0) is 44.2 Å². The van der Waals surface area contributed by atoms with Gasteiger partial charge < -0.3 is 18.9 Å². The van der Waals surface area contributed by atoms with E-state index in [1.54, 1.807) is 37.1 Å². The molecule has 2 aromatic carbocycles. The highest BCUT2D eigenvalue weighted by molar-refractivity contribution is 6.15. The Morgan fingerprint density at radius 3 is 2.55 bits per heavy atom. The second-order valence-electron chi connectivity index (χ2n) is 7.66. The zero-order valence-corrected chi connectivity index (χ0v) is 17.5. The van der Waals surface area contributed by atoms with Crippen molar-refractivity contribution in [1.82, 2.24) is 14.8 Å². The van der Waals surface area contributed by atoms with Crippen LogP contribution in [0.1, 0.15) is 19.9 Å². The summed E-state index contributed by atoms with van der Waals surface area (Å²) in [6.07, 6.45) is 0. The first kappa shape index (κ1) is 19.0. The van der Waals surface area contributed by atoms with E-state index in [4.69, 9.17) is 13.9 Å². The lowest BCUT2D eigenvalue weighted by molar-refractivity contribution is 0.404. The third-order valence-electron chi connectivity index (χ3n) is 5.50. The Labute approximate surface area is 176 Å². The zero-order chi connectivity index (χ0) is 21.9. The number of nitrogens with one attached hydrogen (secondary N) is 2. The minimum atomic E-state index is -0.258. The van der Waals surface area contributed by atoms with E-state index in [-0.39, 0.29) is 17.0 Å². The number of furan rings is 1. The predicted molar refractivity (Wildman–Crippen MR) is 119 cm³/mol. The lowest BCUT2D eigenvalue weighted by Gasteiger charge is -2.13. The largest absolute Gasteiger partial charge is 0.497 e. The van der Waals surface area contributed by atoms with E-state index in [9.17, 15) is 9.59 Å². The van der Waals surface area contributed by atoms with Crippen LogP contribution in [0.4, 0.5) is 0 Å². The molecular weight excluding hydrogens is 398 g/mol. The number of ether oxygens (including phenoxy) is 2. The number of rotatable bonds is 4. The summed E-state index contributed by atoms with van der Waals surface area (Å²) >= 11 is 0. The quantitative estimate of drug-likeness (QED) is 0.455. The van der Waals surface area contributed by atoms with Crippen molar-refractivity contribution in [3.8, 4) is 22.6 Å². The number of aromatic amines is 2. The Morgan fingerprint density at radius 2 is 1.84 bits per heavy atom. The van der Waals surface area contributed by atoms with Crippen LogP contribution >= 0.6 is 0 Å². The fraction of sp³-hybridized carbons (Fsp3) is 0.217. The van der Waals surface area contributed by atoms with Crippen LogP contribution in [0.25, 0.3) is 44.2 Å². The number of aromatic nitrogens is 3. The van der Waals surface area contributed by atoms with Crippen LogP contribution in [-0.2, 0) is 0 Å². The molecule has 8 heteroatoms. The maximum atomic E-state index is 13.1. The van der Waals surface area contributed by atoms with Crippen molar-refractivity contribution < 1.29 is 13.9 Å². The summed E-state index contributed by atoms with van der Waals surface area (Å²) in [5, 5.41) is 4.11. The van der Waals surface area contributed by atoms with Crippen LogP contribution in [0.5, 0.6) is 11.5 Å². The van der Waals surface area contributed by atoms with Crippen molar-refractivity contribution in [1.29, 1.82) is 0 Å². The van der Waals surface area contributed by atoms with Gasteiger partial charge in [0.15, 0.2) is 11.0 Å². The fourth-order valence-corrected chi connectivity index (χ4v) is 4.07. The molecular formula is C23H21N3O5. The second-order valence-corrected chi connectivity index (χ2v) is 7.66. The normalized spacial score (nSPS) is 11.8. The Hall–Kier alpha value is -3.94. The maximum Gasteiger partial charge on any atom is 0.274 e. The topological polar surface area (TPSA) is 102 Å². The Balaban J connectivity index is 2.06. The molecule has 5 rings (SSSR count). The summed E-state index contributed by atoms with van der Waals surface area (Å²) in [5.74, 6) is 1.18. The number of pyridine rings is 1. The molecule has 0 aliphatic carbocycles. The SMILES string of the molecule is COc1ccc(OC)c(-c2c3oc4cc(=O)ccc4c3[nH]c3c2c(=O)[nH]n3C(C)C)c1. The lowest BCUT2D eigenvalue weighted by atomic mass is 10.0. The summed E-state index contributed by atoms with van der Waals surface area (Å²) in [6.45, 7) is 3.97. The molecule has 0 amide bonds. The summed E-state index contributed by atoms with van der Waals surface area (Å²) in [4.78, 5) is 28.4. The van der Waals surface area contributed by atoms with Crippen molar-refractivity contribution in [3.05, 3.63) is 57.0 Å². The highest BCUT2D eigenvalue weighted by Gasteiger charge is 2.24. The molecule has 158 valence electrons. The van der Waals surface area contributed by atoms with E-state index in [2.05, 4.69) is 10.1 Å². The van der Waals surface area contributed by atoms with Gasteiger partial charge in [0.1, 0.15) is 22.7 Å². The molecule has 0 aliphatic heterocycles. The van der Waals surface area contributed by atoms with Gasteiger partial charge in [-0.3, -0.25) is 19.4 Å². The summed E-state index contributed by atoms with van der Waals surface area (Å²) in [5.41, 5.74) is 3.04. The van der Waals surface area contributed by atoms with Crippen molar-refractivity contribution in [3.63, 3.8) is 0 Å². The first-order valence-electron chi connectivity index (χ1n) is 9.88. The number of nitrogens with zero attached hydrogens (tertiary/aromatic N) is 1. The first-order chi connectivity index (χ1) is 14.9. The van der Waals surface area contributed by atoms with Gasteiger partial charge in [0.25, 0.3) is 5.56 Å². The minimum absolute atomic E-state index is 0.00497. The van der Waals surface area contributed by atoms with Crippen molar-refractivity contribution in [2.75, 3.05) is 14.2 Å². The van der Waals surface area contributed by atoms with E-state index >= 15 is 0 Å². The summed E-state index contributed by atoms with van der Waals surface area (Å²) < 4.78 is 19.0. The number of H-pyrrole nitrogens is 2. The predicted octanol–water partition coefficient (Wildman–Crippen LogP) is 4.18. The standard InChI is InChI=1S/C23H21N3O5/c1-11(2)26-22-19(23(28)25-26)18(15-10-13(29-3)6-8-16(15)30-4)21-20(24-22)14-7-5-12(27)9-17(14)31-21/h5-11,24H,1-4H3,(H,25,28). The first-order valence-corrected chi connectivity index (χ1v) is 9.88. The third kappa shape index (κ3) is 2.75. The van der Waals surface area contributed by atoms with Crippen LogP contribution in [0.15, 0.2) is 50.4 Å². The highest BCUT2D eigenvalue weighted by Crippen LogP contribution is 2.43. The summed E-state index contributed by atoms with van der Waals surface area (Å²) in [6, 6.07) is 10.1. The number of methoxy groups -OCH3 is 2. The molecule has 3 heterocycles. The fourth-order valence-electron chi connectivity index (χ4n) is 4.07. The molecule has 0 fully saturated rings. The van der Waals surface area contributed by atoms with Gasteiger partial charge in [0.05, 0.1) is 25.1 Å². The Morgan fingerprint density at radius 1 is 1.03 bits per heavy atom. The molecule has 8 nitrogen and oxygen atoms in total. The Kier molecular flexibility index (Phi) is 4.18. The van der Waals surface area contributed by atoms with Crippen molar-refractivity contribution >= 4 is 33.1 Å². The summed E-state index contributed by atoms with van der Waals surface area (Å²) in [7, 11) is 3.15. The van der Waals surface area contributed by atoms with Crippen LogP contribution in [0.3, 0.4) is 0 Å². The smallest absolute Gasteiger partial charge is 0.274 e. The van der Waals surface area contributed by atoms with Crippen LogP contribution < -0.4 is 20.5 Å². The Bertz CT molecular complexity index is 1580. The van der Waals surface area contributed by atoms with E-state index in [1.165, 1.54) is 12.1 Å². The lowest BCUT2D eigenvalue weighted by Crippen LogP contribution is -2.07. The number of hydrogen-bond acceptors (Lipinski definition) is 5. The number of benzene rings is 2. The molecule has 31 heavy (non-hydrogen) atoms. The average Bonchev–Trinajstić information content (AvgIpc) is 3.28. The highest BCUT2D eigenvalue weighted by atomic mass is 16.5. The molecule has 2 N–H and O–H groups in total. The van der Waals surface area contributed by atoms with Gasteiger partial charge >= 0.3 is 0 Å². The maximum absolute atomic E-state index is 13.1. The molecule has 0 aliphatic rings. The molecule has 5 aromatic rings. The second kappa shape index (κ2) is 6.80. The molecule has 0 saturated carbocycles. The van der Waals surface area contributed by atoms with Gasteiger partial charge in [-0.15, -0.1) is 0 Å². The van der Waals surface area contributed by atoms with Crippen molar-refractivity contribution in [2.45, 2.75) is 19.9 Å². The average molecular weight is 419 g/mol. The van der Waals surface area contributed by atoms with Gasteiger partial charge in [-0.25, -0.2) is 0 Å². The molecule has 0 unspecified atom stereocenters. The van der Waals surface area contributed by atoms with E-state index < -0.39 is 0 Å². The molecule has 0 spiro atoms. The van der Waals surface area contributed by atoms with Gasteiger partial charge in [0, 0.05) is 28.6 Å². The third-order valence-corrected chi connectivity index (χ3v) is 5.50.